The number of rotatable bonds is 4. The zero-order chi connectivity index (χ0) is 12.1. The van der Waals surface area contributed by atoms with Crippen molar-refractivity contribution < 1.29 is 9.53 Å². The lowest BCUT2D eigenvalue weighted by atomic mass is 10.2. The Morgan fingerprint density at radius 2 is 1.88 bits per heavy atom. The van der Waals surface area contributed by atoms with Crippen molar-refractivity contribution in [3.05, 3.63) is 36.4 Å². The van der Waals surface area contributed by atoms with Crippen LogP contribution >= 0.6 is 0 Å². The lowest BCUT2D eigenvalue weighted by Gasteiger charge is -2.21. The van der Waals surface area contributed by atoms with Gasteiger partial charge >= 0.3 is 0 Å². The minimum absolute atomic E-state index is 0.00756. The summed E-state index contributed by atoms with van der Waals surface area (Å²) >= 11 is 0. The molecular weight excluding hydrogens is 202 g/mol. The van der Waals surface area contributed by atoms with Crippen LogP contribution in [-0.4, -0.2) is 19.6 Å². The molecule has 0 heterocycles. The van der Waals surface area contributed by atoms with Crippen molar-refractivity contribution >= 4 is 11.6 Å². The molecule has 0 aromatic heterocycles. The van der Waals surface area contributed by atoms with Gasteiger partial charge in [-0.05, 0) is 31.2 Å². The number of benzene rings is 1. The highest BCUT2D eigenvalue weighted by atomic mass is 16.5. The van der Waals surface area contributed by atoms with Gasteiger partial charge in [0.15, 0.2) is 0 Å². The van der Waals surface area contributed by atoms with Crippen LogP contribution in [0.1, 0.15) is 13.8 Å². The smallest absolute Gasteiger partial charge is 0.224 e. The van der Waals surface area contributed by atoms with E-state index in [0.717, 1.165) is 17.0 Å². The average Bonchev–Trinajstić information content (AvgIpc) is 2.25. The summed E-state index contributed by atoms with van der Waals surface area (Å²) in [7, 11) is 1.62. The third-order valence-corrected chi connectivity index (χ3v) is 2.19. The molecule has 0 N–H and O–H groups in total. The number of hydrogen-bond donors (Lipinski definition) is 0. The monoisotopic (exact) mass is 219 g/mol. The highest BCUT2D eigenvalue weighted by molar-refractivity contribution is 5.91. The first kappa shape index (κ1) is 12.3. The van der Waals surface area contributed by atoms with Crippen LogP contribution in [0.2, 0.25) is 0 Å². The number of carbonyl (C=O) groups is 1. The fourth-order valence-electron chi connectivity index (χ4n) is 1.42. The standard InChI is InChI=1S/C13H17NO2/c1-10(2)9-14(11(3)15)12-5-7-13(16-4)8-6-12/h5-8H,1,9H2,2-4H3. The number of nitrogens with zero attached hydrogens (tertiary/aromatic N) is 1. The highest BCUT2D eigenvalue weighted by Gasteiger charge is 2.10. The average molecular weight is 219 g/mol. The van der Waals surface area contributed by atoms with Crippen LogP contribution < -0.4 is 9.64 Å². The van der Waals surface area contributed by atoms with Crippen molar-refractivity contribution in [2.45, 2.75) is 13.8 Å². The zero-order valence-corrected chi connectivity index (χ0v) is 9.99. The molecule has 0 aliphatic rings. The number of ether oxygens (including phenoxy) is 1. The van der Waals surface area contributed by atoms with E-state index in [1.807, 2.05) is 31.2 Å². The van der Waals surface area contributed by atoms with Crippen molar-refractivity contribution in [1.29, 1.82) is 0 Å². The van der Waals surface area contributed by atoms with Crippen LogP contribution in [0.5, 0.6) is 5.75 Å². The summed E-state index contributed by atoms with van der Waals surface area (Å²) in [5.41, 5.74) is 1.81. The zero-order valence-electron chi connectivity index (χ0n) is 9.99. The fraction of sp³-hybridized carbons (Fsp3) is 0.308. The van der Waals surface area contributed by atoms with Gasteiger partial charge in [-0.3, -0.25) is 4.79 Å². The molecule has 0 radical (unpaired) electrons. The van der Waals surface area contributed by atoms with Crippen molar-refractivity contribution in [2.75, 3.05) is 18.6 Å². The molecule has 1 aromatic carbocycles. The predicted octanol–water partition coefficient (Wildman–Crippen LogP) is 2.62. The van der Waals surface area contributed by atoms with Crippen LogP contribution in [0.15, 0.2) is 36.4 Å². The van der Waals surface area contributed by atoms with Crippen LogP contribution in [0.4, 0.5) is 5.69 Å². The molecule has 0 unspecified atom stereocenters. The van der Waals surface area contributed by atoms with E-state index in [-0.39, 0.29) is 5.91 Å². The molecular formula is C13H17NO2. The van der Waals surface area contributed by atoms with Gasteiger partial charge in [-0.15, -0.1) is 0 Å². The van der Waals surface area contributed by atoms with Crippen molar-refractivity contribution in [1.82, 2.24) is 0 Å². The maximum atomic E-state index is 11.5. The van der Waals surface area contributed by atoms with Crippen LogP contribution in [0.3, 0.4) is 0 Å². The molecule has 0 aliphatic heterocycles. The first-order valence-electron chi connectivity index (χ1n) is 5.11. The van der Waals surface area contributed by atoms with Gasteiger partial charge < -0.3 is 9.64 Å². The van der Waals surface area contributed by atoms with E-state index in [1.165, 1.54) is 0 Å². The number of methoxy groups -OCH3 is 1. The minimum Gasteiger partial charge on any atom is -0.497 e. The molecule has 0 bridgehead atoms. The number of amides is 1. The molecule has 86 valence electrons. The van der Waals surface area contributed by atoms with Crippen molar-refractivity contribution in [3.8, 4) is 5.75 Å². The van der Waals surface area contributed by atoms with Gasteiger partial charge in [-0.1, -0.05) is 12.2 Å². The summed E-state index contributed by atoms with van der Waals surface area (Å²) < 4.78 is 5.07. The SMILES string of the molecule is C=C(C)CN(C(C)=O)c1ccc(OC)cc1. The first-order chi connectivity index (χ1) is 7.54. The minimum atomic E-state index is 0.00756. The second-order valence-electron chi connectivity index (χ2n) is 3.76. The van der Waals surface area contributed by atoms with Crippen LogP contribution in [-0.2, 0) is 4.79 Å². The van der Waals surface area contributed by atoms with E-state index in [1.54, 1.807) is 18.9 Å². The Hall–Kier alpha value is -1.77. The molecule has 0 spiro atoms. The largest absolute Gasteiger partial charge is 0.497 e. The molecule has 0 atom stereocenters. The van der Waals surface area contributed by atoms with Gasteiger partial charge in [0.1, 0.15) is 5.75 Å². The van der Waals surface area contributed by atoms with E-state index < -0.39 is 0 Å². The van der Waals surface area contributed by atoms with E-state index in [9.17, 15) is 4.79 Å². The maximum absolute atomic E-state index is 11.5. The number of hydrogen-bond acceptors (Lipinski definition) is 2. The molecule has 1 rings (SSSR count). The lowest BCUT2D eigenvalue weighted by molar-refractivity contribution is -0.116. The van der Waals surface area contributed by atoms with Gasteiger partial charge in [-0.25, -0.2) is 0 Å². The highest BCUT2D eigenvalue weighted by Crippen LogP contribution is 2.20. The Balaban J connectivity index is 2.92. The summed E-state index contributed by atoms with van der Waals surface area (Å²) in [4.78, 5) is 13.2. The maximum Gasteiger partial charge on any atom is 0.224 e. The molecule has 16 heavy (non-hydrogen) atoms. The second-order valence-corrected chi connectivity index (χ2v) is 3.76. The first-order valence-corrected chi connectivity index (χ1v) is 5.11. The van der Waals surface area contributed by atoms with Gasteiger partial charge in [-0.2, -0.15) is 0 Å². The predicted molar refractivity (Wildman–Crippen MR) is 65.8 cm³/mol. The normalized spacial score (nSPS) is 9.69. The van der Waals surface area contributed by atoms with E-state index in [2.05, 4.69) is 6.58 Å². The lowest BCUT2D eigenvalue weighted by Crippen LogP contribution is -2.29. The third-order valence-electron chi connectivity index (χ3n) is 2.19. The molecule has 1 aromatic rings. The Kier molecular flexibility index (Phi) is 4.11. The van der Waals surface area contributed by atoms with E-state index >= 15 is 0 Å². The van der Waals surface area contributed by atoms with Crippen molar-refractivity contribution in [3.63, 3.8) is 0 Å². The Bertz CT molecular complexity index is 381. The summed E-state index contributed by atoms with van der Waals surface area (Å²) in [6, 6.07) is 7.40. The second kappa shape index (κ2) is 5.35. The van der Waals surface area contributed by atoms with Crippen LogP contribution in [0, 0.1) is 0 Å². The van der Waals surface area contributed by atoms with Gasteiger partial charge in [0, 0.05) is 19.2 Å². The summed E-state index contributed by atoms with van der Waals surface area (Å²) in [6.45, 7) is 7.81. The van der Waals surface area contributed by atoms with Gasteiger partial charge in [0.25, 0.3) is 0 Å². The Labute approximate surface area is 96.3 Å². The molecule has 1 amide bonds. The number of carbonyl (C=O) groups excluding carboxylic acids is 1. The quantitative estimate of drug-likeness (QED) is 0.728. The summed E-state index contributed by atoms with van der Waals surface area (Å²) in [5.74, 6) is 0.788. The van der Waals surface area contributed by atoms with E-state index in [4.69, 9.17) is 4.74 Å². The molecule has 3 heteroatoms. The Morgan fingerprint density at radius 3 is 2.25 bits per heavy atom. The molecule has 0 saturated carbocycles. The fourth-order valence-corrected chi connectivity index (χ4v) is 1.42. The topological polar surface area (TPSA) is 29.5 Å². The molecule has 3 nitrogen and oxygen atoms in total. The summed E-state index contributed by atoms with van der Waals surface area (Å²) in [5, 5.41) is 0. The molecule has 0 aliphatic carbocycles. The third kappa shape index (κ3) is 3.12. The summed E-state index contributed by atoms with van der Waals surface area (Å²) in [6.07, 6.45) is 0. The molecule has 0 saturated heterocycles. The van der Waals surface area contributed by atoms with Gasteiger partial charge in [0.05, 0.1) is 7.11 Å². The van der Waals surface area contributed by atoms with Crippen LogP contribution in [0.25, 0.3) is 0 Å². The van der Waals surface area contributed by atoms with E-state index in [0.29, 0.717) is 6.54 Å². The molecule has 0 fully saturated rings. The van der Waals surface area contributed by atoms with Crippen molar-refractivity contribution in [2.24, 2.45) is 0 Å². The Morgan fingerprint density at radius 1 is 1.31 bits per heavy atom. The van der Waals surface area contributed by atoms with Gasteiger partial charge in [0.2, 0.25) is 5.91 Å². The number of anilines is 1.